The Kier molecular flexibility index (Phi) is 27.5. The first-order valence-corrected chi connectivity index (χ1v) is 23.9. The molecule has 0 spiro atoms. The molecule has 0 aromatic rings. The van der Waals surface area contributed by atoms with E-state index in [1.54, 1.807) is 19.9 Å². The summed E-state index contributed by atoms with van der Waals surface area (Å²) >= 11 is 0. The van der Waals surface area contributed by atoms with Gasteiger partial charge in [0, 0.05) is 12.8 Å². The highest BCUT2D eigenvalue weighted by atomic mass is 16.6. The highest BCUT2D eigenvalue weighted by Crippen LogP contribution is 2.42. The number of allylic oxidation sites excluding steroid dienone is 20. The molecule has 7 N–H and O–H groups in total. The minimum atomic E-state index is -2.01. The molecular weight excluding hydrogens is 941 g/mol. The van der Waals surface area contributed by atoms with Crippen LogP contribution in [0.5, 0.6) is 0 Å². The summed E-state index contributed by atoms with van der Waals surface area (Å²) in [6.45, 7) is 25.9. The van der Waals surface area contributed by atoms with Gasteiger partial charge in [0.2, 0.25) is 0 Å². The van der Waals surface area contributed by atoms with Crippen molar-refractivity contribution in [1.29, 1.82) is 0 Å². The predicted octanol–water partition coefficient (Wildman–Crippen LogP) is 5.88. The van der Waals surface area contributed by atoms with Crippen molar-refractivity contribution in [3.05, 3.63) is 143 Å². The van der Waals surface area contributed by atoms with Crippen LogP contribution in [0.3, 0.4) is 0 Å². The Bertz CT molecular complexity index is 2320. The van der Waals surface area contributed by atoms with Gasteiger partial charge in [0.1, 0.15) is 37.1 Å². The smallest absolute Gasteiger partial charge is 0.338 e. The van der Waals surface area contributed by atoms with Crippen LogP contribution in [0.2, 0.25) is 0 Å². The standard InChI is InChI=1S/C38H52O10.C19H26O6/c1-8-9-13-25(2)14-10-11-15-26(3)16-12-17-27(4)18-19-29-28(5)35(44)32(22-38(29,6)7)48-34(43)21-20-33(42)47-24-31(41)37(46)36(45)30(40)23-39;1-10(2)7-8-13-11(3)15(21)14(9-19(13,5)6)25-18(24)17(23)16(22)12(4)20/h8-19,30-32,36-37,39-41,45-46H,1,20-24H2,2-7H3;7-8,14,16-17,22-23H,1,9H2,2-6H3/b11-10+,13-9+,16-12+,19-18+,25-14+,26-15+,27-17+;8-7+. The molecule has 0 aliphatic heterocycles. The molecule has 2 aliphatic carbocycles. The van der Waals surface area contributed by atoms with Crippen LogP contribution in [-0.2, 0) is 43.0 Å². The molecular formula is C57H78O16. The summed E-state index contributed by atoms with van der Waals surface area (Å²) in [4.78, 5) is 73.2. The second-order valence-corrected chi connectivity index (χ2v) is 19.5. The lowest BCUT2D eigenvalue weighted by Crippen LogP contribution is -2.47. The van der Waals surface area contributed by atoms with Gasteiger partial charge in [-0.25, -0.2) is 4.79 Å². The lowest BCUT2D eigenvalue weighted by molar-refractivity contribution is -0.171. The molecule has 0 heterocycles. The van der Waals surface area contributed by atoms with Gasteiger partial charge in [0.05, 0.1) is 19.4 Å². The molecule has 16 heteroatoms. The number of aliphatic hydroxyl groups excluding tert-OH is 7. The minimum absolute atomic E-state index is 0.230. The van der Waals surface area contributed by atoms with E-state index in [0.717, 1.165) is 40.4 Å². The molecule has 2 aliphatic rings. The molecule has 0 saturated carbocycles. The van der Waals surface area contributed by atoms with Crippen LogP contribution in [0, 0.1) is 10.8 Å². The number of carbonyl (C=O) groups excluding carboxylic acids is 6. The van der Waals surface area contributed by atoms with Crippen LogP contribution in [-0.4, -0.2) is 133 Å². The lowest BCUT2D eigenvalue weighted by Gasteiger charge is -2.36. The zero-order valence-corrected chi connectivity index (χ0v) is 44.2. The summed E-state index contributed by atoms with van der Waals surface area (Å²) in [6.07, 6.45) is 13.6. The first-order chi connectivity index (χ1) is 33.9. The third-order valence-corrected chi connectivity index (χ3v) is 11.8. The summed E-state index contributed by atoms with van der Waals surface area (Å²) in [7, 11) is 0. The number of rotatable bonds is 24. The third kappa shape index (κ3) is 22.0. The van der Waals surface area contributed by atoms with E-state index in [1.165, 1.54) is 0 Å². The molecule has 0 amide bonds. The summed E-state index contributed by atoms with van der Waals surface area (Å²) < 4.78 is 15.3. The number of hydrogen-bond acceptors (Lipinski definition) is 16. The number of Topliss-reactive ketones (excluding diaryl/α,β-unsaturated/α-hetero) is 3. The number of esters is 3. The molecule has 8 unspecified atom stereocenters. The third-order valence-electron chi connectivity index (χ3n) is 11.8. The topological polar surface area (TPSA) is 272 Å². The number of ether oxygens (including phenoxy) is 3. The first-order valence-electron chi connectivity index (χ1n) is 23.9. The summed E-state index contributed by atoms with van der Waals surface area (Å²) in [6, 6.07) is 0. The Labute approximate surface area is 430 Å². The molecule has 16 nitrogen and oxygen atoms in total. The summed E-state index contributed by atoms with van der Waals surface area (Å²) in [5.41, 5.74) is 5.71. The fraction of sp³-hybridized carbons (Fsp3) is 0.474. The average molecular weight is 1020 g/mol. The van der Waals surface area contributed by atoms with Gasteiger partial charge in [-0.3, -0.25) is 24.0 Å². The van der Waals surface area contributed by atoms with Gasteiger partial charge in [-0.2, -0.15) is 0 Å². The lowest BCUT2D eigenvalue weighted by atomic mass is 9.71. The monoisotopic (exact) mass is 1020 g/mol. The van der Waals surface area contributed by atoms with Crippen LogP contribution in [0.1, 0.15) is 102 Å². The minimum Gasteiger partial charge on any atom is -0.463 e. The highest BCUT2D eigenvalue weighted by molar-refractivity contribution is 6.02. The van der Waals surface area contributed by atoms with E-state index in [-0.39, 0.29) is 30.8 Å². The van der Waals surface area contributed by atoms with Crippen molar-refractivity contribution < 1.29 is 78.7 Å². The van der Waals surface area contributed by atoms with Crippen molar-refractivity contribution in [2.75, 3.05) is 13.2 Å². The molecule has 0 bridgehead atoms. The number of carbonyl (C=O) groups is 6. The fourth-order valence-corrected chi connectivity index (χ4v) is 7.48. The quantitative estimate of drug-likeness (QED) is 0.0338. The zero-order valence-electron chi connectivity index (χ0n) is 44.2. The summed E-state index contributed by atoms with van der Waals surface area (Å²) in [5, 5.41) is 66.6. The van der Waals surface area contributed by atoms with Gasteiger partial charge in [-0.15, -0.1) is 0 Å². The van der Waals surface area contributed by atoms with E-state index in [0.29, 0.717) is 11.1 Å². The Hall–Kier alpha value is -5.98. The van der Waals surface area contributed by atoms with Gasteiger partial charge in [0.15, 0.2) is 35.7 Å². The zero-order chi connectivity index (χ0) is 56.0. The van der Waals surface area contributed by atoms with Crippen LogP contribution in [0.15, 0.2) is 143 Å². The Morgan fingerprint density at radius 1 is 0.630 bits per heavy atom. The predicted molar refractivity (Wildman–Crippen MR) is 278 cm³/mol. The molecule has 2 rings (SSSR count). The van der Waals surface area contributed by atoms with E-state index in [1.807, 2.05) is 134 Å². The van der Waals surface area contributed by atoms with Crippen LogP contribution >= 0.6 is 0 Å². The second-order valence-electron chi connectivity index (χ2n) is 19.5. The number of hydrogen-bond donors (Lipinski definition) is 7. The van der Waals surface area contributed by atoms with E-state index in [2.05, 4.69) is 13.2 Å². The number of aliphatic hydroxyl groups is 7. The van der Waals surface area contributed by atoms with Gasteiger partial charge in [-0.05, 0) is 81.6 Å². The largest absolute Gasteiger partial charge is 0.463 e. The fourth-order valence-electron chi connectivity index (χ4n) is 7.48. The maximum absolute atomic E-state index is 13.1. The van der Waals surface area contributed by atoms with Gasteiger partial charge >= 0.3 is 17.9 Å². The van der Waals surface area contributed by atoms with Crippen molar-refractivity contribution >= 4 is 35.3 Å². The van der Waals surface area contributed by atoms with Crippen molar-refractivity contribution in [2.45, 2.75) is 151 Å². The maximum Gasteiger partial charge on any atom is 0.338 e. The van der Waals surface area contributed by atoms with E-state index < -0.39 is 103 Å². The molecule has 0 saturated heterocycles. The number of ketones is 3. The van der Waals surface area contributed by atoms with Crippen molar-refractivity contribution in [2.24, 2.45) is 10.8 Å². The molecule has 402 valence electrons. The maximum atomic E-state index is 13.1. The molecule has 0 aromatic heterocycles. The molecule has 0 radical (unpaired) electrons. The first kappa shape index (κ1) is 65.0. The molecule has 0 aromatic carbocycles. The highest BCUT2D eigenvalue weighted by Gasteiger charge is 2.42. The SMILES string of the molecule is C=C(C)/C=C/C1=C(C)C(=O)C(OC(=O)C(O)C(O)C(C)=O)CC1(C)C.C=C/C=C/C(C)=C/C=C/C=C(C)/C=C/C=C(C)/C=C/C1=C(C)C(=O)C(OC(=O)CCC(=O)OCC(O)C(O)C(O)C(O)CO)CC1(C)C. The van der Waals surface area contributed by atoms with Crippen LogP contribution in [0.25, 0.3) is 0 Å². The Morgan fingerprint density at radius 3 is 1.55 bits per heavy atom. The molecule has 8 atom stereocenters. The van der Waals surface area contributed by atoms with Crippen molar-refractivity contribution in [1.82, 2.24) is 0 Å². The van der Waals surface area contributed by atoms with E-state index in [9.17, 15) is 59.4 Å². The normalized spacial score (nSPS) is 21.3. The van der Waals surface area contributed by atoms with E-state index >= 15 is 0 Å². The molecule has 73 heavy (non-hydrogen) atoms. The van der Waals surface area contributed by atoms with E-state index in [4.69, 9.17) is 19.3 Å². The summed E-state index contributed by atoms with van der Waals surface area (Å²) in [5.74, 6) is -4.28. The van der Waals surface area contributed by atoms with Gasteiger partial charge < -0.3 is 50.0 Å². The Balaban J connectivity index is 0.000000891. The second kappa shape index (κ2) is 30.9. The Morgan fingerprint density at radius 2 is 1.07 bits per heavy atom. The van der Waals surface area contributed by atoms with Gasteiger partial charge in [0.25, 0.3) is 0 Å². The van der Waals surface area contributed by atoms with Crippen molar-refractivity contribution in [3.63, 3.8) is 0 Å². The average Bonchev–Trinajstić information content (AvgIpc) is 3.32. The van der Waals surface area contributed by atoms with Crippen LogP contribution in [0.4, 0.5) is 0 Å². The van der Waals surface area contributed by atoms with Crippen LogP contribution < -0.4 is 0 Å². The van der Waals surface area contributed by atoms with Crippen molar-refractivity contribution in [3.8, 4) is 0 Å². The molecule has 0 fully saturated rings. The van der Waals surface area contributed by atoms with Gasteiger partial charge in [-0.1, -0.05) is 148 Å².